The van der Waals surface area contributed by atoms with Crippen LogP contribution in [0.4, 0.5) is 0 Å². The second-order valence-corrected chi connectivity index (χ2v) is 0.316. The third kappa shape index (κ3) is 59.5. The van der Waals surface area contributed by atoms with Crippen molar-refractivity contribution in [1.29, 1.82) is 0 Å². The third-order valence-corrected chi connectivity index (χ3v) is 0. The van der Waals surface area contributed by atoms with E-state index < -0.39 is 0 Å². The van der Waals surface area contributed by atoms with Gasteiger partial charge in [-0.05, 0) is 6.92 Å². The van der Waals surface area contributed by atoms with E-state index >= 15 is 0 Å². The van der Waals surface area contributed by atoms with Crippen LogP contribution in [0.15, 0.2) is 0 Å². The zero-order chi connectivity index (χ0) is 4.71. The standard InChI is InChI=1S/C2H6O.CH4O.Nd/c1-2-3;1-2;/h3H,2H2,1H3;2H,1H3;. The van der Waals surface area contributed by atoms with Crippen LogP contribution in [-0.4, -0.2) is 23.9 Å². The molecule has 2 nitrogen and oxygen atoms in total. The summed E-state index contributed by atoms with van der Waals surface area (Å²) in [7, 11) is 1.00. The number of hydrogen-bond acceptors (Lipinski definition) is 2. The Labute approximate surface area is 71.1 Å². The Balaban J connectivity index is -0.0000000275. The molecule has 0 aromatic rings. The Kier molecular flexibility index (Phi) is 88.3. The van der Waals surface area contributed by atoms with Crippen molar-refractivity contribution in [3.63, 3.8) is 0 Å². The molecule has 0 aromatic carbocycles. The predicted octanol–water partition coefficient (Wildman–Crippen LogP) is -0.393. The van der Waals surface area contributed by atoms with E-state index in [1.54, 1.807) is 6.92 Å². The molecule has 0 radical (unpaired) electrons. The molecule has 0 aliphatic carbocycles. The molecule has 0 heterocycles. The molecule has 2 N–H and O–H groups in total. The summed E-state index contributed by atoms with van der Waals surface area (Å²) in [5, 5.41) is 14.6. The van der Waals surface area contributed by atoms with E-state index in [1.807, 2.05) is 0 Å². The molecule has 0 bridgehead atoms. The van der Waals surface area contributed by atoms with Gasteiger partial charge in [0.2, 0.25) is 0 Å². The Bertz CT molecular complexity index is 8.75. The minimum absolute atomic E-state index is 0. The van der Waals surface area contributed by atoms with E-state index in [2.05, 4.69) is 0 Å². The van der Waals surface area contributed by atoms with Gasteiger partial charge in [-0.2, -0.15) is 0 Å². The molecular weight excluding hydrogens is 212 g/mol. The molecule has 0 atom stereocenters. The Morgan fingerprint density at radius 2 is 1.33 bits per heavy atom. The number of rotatable bonds is 0. The molecule has 0 rings (SSSR count). The van der Waals surface area contributed by atoms with Crippen LogP contribution in [0.2, 0.25) is 0 Å². The maximum atomic E-state index is 7.57. The van der Waals surface area contributed by atoms with Gasteiger partial charge in [0, 0.05) is 54.6 Å². The van der Waals surface area contributed by atoms with Gasteiger partial charge < -0.3 is 10.2 Å². The van der Waals surface area contributed by atoms with Crippen LogP contribution in [0.3, 0.4) is 0 Å². The molecule has 0 fully saturated rings. The molecule has 38 valence electrons. The first-order chi connectivity index (χ1) is 2.41. The quantitative estimate of drug-likeness (QED) is 0.586. The number of aliphatic hydroxyl groups excluding tert-OH is 2. The van der Waals surface area contributed by atoms with Crippen molar-refractivity contribution < 1.29 is 51.1 Å². The van der Waals surface area contributed by atoms with Crippen LogP contribution in [0.1, 0.15) is 6.92 Å². The third-order valence-electron chi connectivity index (χ3n) is 0. The van der Waals surface area contributed by atoms with Gasteiger partial charge in [0.15, 0.2) is 0 Å². The smallest absolute Gasteiger partial charge is 0.0402 e. The van der Waals surface area contributed by atoms with Gasteiger partial charge in [0.05, 0.1) is 0 Å². The van der Waals surface area contributed by atoms with Crippen molar-refractivity contribution in [3.8, 4) is 0 Å². The van der Waals surface area contributed by atoms with Gasteiger partial charge in [0.1, 0.15) is 0 Å². The average Bonchev–Trinajstić information content (AvgIpc) is 1.46. The molecule has 0 amide bonds. The first-order valence-electron chi connectivity index (χ1n) is 1.47. The zero-order valence-electron chi connectivity index (χ0n) is 4.10. The van der Waals surface area contributed by atoms with Crippen LogP contribution >= 0.6 is 0 Å². The average molecular weight is 222 g/mol. The Hall–Kier alpha value is 1.27. The first-order valence-corrected chi connectivity index (χ1v) is 1.47. The van der Waals surface area contributed by atoms with Crippen molar-refractivity contribution in [2.24, 2.45) is 0 Å². The van der Waals surface area contributed by atoms with E-state index in [-0.39, 0.29) is 47.4 Å². The maximum Gasteiger partial charge on any atom is 0.0402 e. The van der Waals surface area contributed by atoms with Crippen molar-refractivity contribution in [2.45, 2.75) is 6.92 Å². The summed E-state index contributed by atoms with van der Waals surface area (Å²) in [6.45, 7) is 1.93. The van der Waals surface area contributed by atoms with Crippen molar-refractivity contribution in [1.82, 2.24) is 0 Å². The molecule has 3 heteroatoms. The minimum atomic E-state index is 0. The topological polar surface area (TPSA) is 40.5 Å². The SMILES string of the molecule is CCO.CO.[Nd]. The molecule has 0 spiro atoms. The fraction of sp³-hybridized carbons (Fsp3) is 1.00. The Morgan fingerprint density at radius 1 is 1.33 bits per heavy atom. The summed E-state index contributed by atoms with van der Waals surface area (Å²) in [4.78, 5) is 0. The normalized spacial score (nSPS) is 4.00. The molecular formula is C3H10NdO2. The zero-order valence-corrected chi connectivity index (χ0v) is 7.31. The molecule has 0 aromatic heterocycles. The van der Waals surface area contributed by atoms with E-state index in [4.69, 9.17) is 10.2 Å². The second-order valence-electron chi connectivity index (χ2n) is 0.316. The summed E-state index contributed by atoms with van der Waals surface area (Å²) in [5.74, 6) is 0. The largest absolute Gasteiger partial charge is 0.400 e. The summed E-state index contributed by atoms with van der Waals surface area (Å²) in [6, 6.07) is 0. The van der Waals surface area contributed by atoms with Gasteiger partial charge in [-0.25, -0.2) is 0 Å². The van der Waals surface area contributed by atoms with Crippen molar-refractivity contribution in [2.75, 3.05) is 13.7 Å². The molecule has 0 aliphatic heterocycles. The van der Waals surface area contributed by atoms with Gasteiger partial charge in [-0.3, -0.25) is 0 Å². The molecule has 0 saturated carbocycles. The Morgan fingerprint density at radius 3 is 1.33 bits per heavy atom. The summed E-state index contributed by atoms with van der Waals surface area (Å²) in [6.07, 6.45) is 0. The van der Waals surface area contributed by atoms with Crippen LogP contribution < -0.4 is 0 Å². The second kappa shape index (κ2) is 33.8. The van der Waals surface area contributed by atoms with E-state index in [0.29, 0.717) is 0 Å². The van der Waals surface area contributed by atoms with Gasteiger partial charge >= 0.3 is 0 Å². The van der Waals surface area contributed by atoms with E-state index in [0.717, 1.165) is 7.11 Å². The monoisotopic (exact) mass is 220 g/mol. The number of aliphatic hydroxyl groups is 2. The van der Waals surface area contributed by atoms with E-state index in [1.165, 1.54) is 0 Å². The predicted molar refractivity (Wildman–Crippen MR) is 20.9 cm³/mol. The maximum absolute atomic E-state index is 7.57. The van der Waals surface area contributed by atoms with Crippen LogP contribution in [0.25, 0.3) is 0 Å². The summed E-state index contributed by atoms with van der Waals surface area (Å²) in [5.41, 5.74) is 0. The molecule has 6 heavy (non-hydrogen) atoms. The fourth-order valence-electron chi connectivity index (χ4n) is 0. The molecule has 0 unspecified atom stereocenters. The van der Waals surface area contributed by atoms with Crippen molar-refractivity contribution in [3.05, 3.63) is 0 Å². The fourth-order valence-corrected chi connectivity index (χ4v) is 0. The van der Waals surface area contributed by atoms with Crippen molar-refractivity contribution >= 4 is 0 Å². The number of hydrogen-bond donors (Lipinski definition) is 2. The van der Waals surface area contributed by atoms with Crippen LogP contribution in [0.5, 0.6) is 0 Å². The van der Waals surface area contributed by atoms with Crippen LogP contribution in [0, 0.1) is 40.8 Å². The molecule has 0 saturated heterocycles. The van der Waals surface area contributed by atoms with Gasteiger partial charge in [-0.15, -0.1) is 0 Å². The summed E-state index contributed by atoms with van der Waals surface area (Å²) < 4.78 is 0. The van der Waals surface area contributed by atoms with Gasteiger partial charge in [-0.1, -0.05) is 0 Å². The van der Waals surface area contributed by atoms with Gasteiger partial charge in [0.25, 0.3) is 0 Å². The van der Waals surface area contributed by atoms with E-state index in [9.17, 15) is 0 Å². The minimum Gasteiger partial charge on any atom is -0.400 e. The summed E-state index contributed by atoms with van der Waals surface area (Å²) >= 11 is 0. The first kappa shape index (κ1) is 15.7. The van der Waals surface area contributed by atoms with Crippen LogP contribution in [-0.2, 0) is 0 Å². The molecule has 0 aliphatic rings.